The van der Waals surface area contributed by atoms with Crippen LogP contribution >= 0.6 is 0 Å². The fourth-order valence-electron chi connectivity index (χ4n) is 1.95. The van der Waals surface area contributed by atoms with E-state index in [0.29, 0.717) is 18.1 Å². The minimum Gasteiger partial charge on any atom is -0.369 e. The maximum absolute atomic E-state index is 11.9. The van der Waals surface area contributed by atoms with E-state index < -0.39 is 0 Å². The third-order valence-electron chi connectivity index (χ3n) is 3.14. The van der Waals surface area contributed by atoms with Crippen molar-refractivity contribution in [1.29, 1.82) is 0 Å². The summed E-state index contributed by atoms with van der Waals surface area (Å²) in [6.45, 7) is 10.8. The molecule has 118 valence electrons. The summed E-state index contributed by atoms with van der Waals surface area (Å²) >= 11 is 0. The zero-order valence-electron chi connectivity index (χ0n) is 13.4. The first-order valence-corrected chi connectivity index (χ1v) is 7.77. The van der Waals surface area contributed by atoms with E-state index in [1.54, 1.807) is 6.20 Å². The molecule has 0 aliphatic carbocycles. The molecule has 0 spiro atoms. The number of nitrogens with one attached hydrogen (secondary N) is 2. The van der Waals surface area contributed by atoms with Crippen LogP contribution in [0, 0.1) is 0 Å². The van der Waals surface area contributed by atoms with Crippen molar-refractivity contribution in [1.82, 2.24) is 20.2 Å². The molecule has 0 aliphatic rings. The molecule has 0 bridgehead atoms. The van der Waals surface area contributed by atoms with Crippen LogP contribution in [0.5, 0.6) is 0 Å². The lowest BCUT2D eigenvalue weighted by molar-refractivity contribution is 0.0943. The van der Waals surface area contributed by atoms with Gasteiger partial charge in [0.25, 0.3) is 5.91 Å². The molecule has 0 radical (unpaired) electrons. The number of rotatable bonds is 10. The zero-order valence-corrected chi connectivity index (χ0v) is 13.4. The van der Waals surface area contributed by atoms with Crippen LogP contribution in [0.3, 0.4) is 0 Å². The Morgan fingerprint density at radius 2 is 1.90 bits per heavy atom. The number of hydrogen-bond acceptors (Lipinski definition) is 5. The molecule has 2 N–H and O–H groups in total. The Morgan fingerprint density at radius 3 is 2.48 bits per heavy atom. The van der Waals surface area contributed by atoms with Crippen molar-refractivity contribution in [3.05, 3.63) is 18.1 Å². The molecule has 21 heavy (non-hydrogen) atoms. The molecule has 1 aromatic rings. The predicted octanol–water partition coefficient (Wildman–Crippen LogP) is 1.76. The first-order valence-electron chi connectivity index (χ1n) is 7.77. The Labute approximate surface area is 127 Å². The summed E-state index contributed by atoms with van der Waals surface area (Å²) in [7, 11) is 0. The average Bonchev–Trinajstić information content (AvgIpc) is 2.52. The van der Waals surface area contributed by atoms with Gasteiger partial charge in [-0.3, -0.25) is 4.79 Å². The molecule has 1 amide bonds. The molecule has 0 aromatic carbocycles. The first kappa shape index (κ1) is 17.4. The highest BCUT2D eigenvalue weighted by molar-refractivity contribution is 5.91. The molecule has 6 nitrogen and oxygen atoms in total. The molecule has 0 aliphatic heterocycles. The highest BCUT2D eigenvalue weighted by Crippen LogP contribution is 2.01. The molecule has 0 saturated heterocycles. The van der Waals surface area contributed by atoms with Crippen molar-refractivity contribution < 1.29 is 4.79 Å². The SMILES string of the molecule is CCCNc1cnc(C(=O)NCCN(CC)CCC)cn1. The zero-order chi connectivity index (χ0) is 15.5. The van der Waals surface area contributed by atoms with Gasteiger partial charge in [0.2, 0.25) is 0 Å². The molecule has 0 unspecified atom stereocenters. The van der Waals surface area contributed by atoms with Crippen molar-refractivity contribution in [3.8, 4) is 0 Å². The van der Waals surface area contributed by atoms with Gasteiger partial charge in [-0.25, -0.2) is 9.97 Å². The Hall–Kier alpha value is -1.69. The molecule has 0 saturated carbocycles. The maximum atomic E-state index is 11.9. The first-order chi connectivity index (χ1) is 10.2. The lowest BCUT2D eigenvalue weighted by Crippen LogP contribution is -2.35. The predicted molar refractivity (Wildman–Crippen MR) is 85.6 cm³/mol. The number of aromatic nitrogens is 2. The topological polar surface area (TPSA) is 70.2 Å². The van der Waals surface area contributed by atoms with Gasteiger partial charge < -0.3 is 15.5 Å². The van der Waals surface area contributed by atoms with Crippen LogP contribution in [0.4, 0.5) is 5.82 Å². The van der Waals surface area contributed by atoms with Gasteiger partial charge >= 0.3 is 0 Å². The van der Waals surface area contributed by atoms with Crippen molar-refractivity contribution in [2.45, 2.75) is 33.6 Å². The van der Waals surface area contributed by atoms with Crippen molar-refractivity contribution in [3.63, 3.8) is 0 Å². The molecule has 0 fully saturated rings. The molecular formula is C15H27N5O. The fourth-order valence-corrected chi connectivity index (χ4v) is 1.95. The Morgan fingerprint density at radius 1 is 1.10 bits per heavy atom. The number of amides is 1. The smallest absolute Gasteiger partial charge is 0.271 e. The summed E-state index contributed by atoms with van der Waals surface area (Å²) in [5, 5.41) is 6.01. The summed E-state index contributed by atoms with van der Waals surface area (Å²) in [6, 6.07) is 0. The van der Waals surface area contributed by atoms with Crippen LogP contribution in [0.25, 0.3) is 0 Å². The van der Waals surface area contributed by atoms with Gasteiger partial charge in [0, 0.05) is 19.6 Å². The van der Waals surface area contributed by atoms with E-state index in [1.807, 2.05) is 0 Å². The fraction of sp³-hybridized carbons (Fsp3) is 0.667. The van der Waals surface area contributed by atoms with Crippen LogP contribution in [-0.4, -0.2) is 53.5 Å². The molecule has 6 heteroatoms. The number of anilines is 1. The summed E-state index contributed by atoms with van der Waals surface area (Å²) in [5.41, 5.74) is 0.357. The van der Waals surface area contributed by atoms with Crippen LogP contribution in [0.15, 0.2) is 12.4 Å². The normalized spacial score (nSPS) is 10.7. The lowest BCUT2D eigenvalue weighted by atomic mass is 10.3. The van der Waals surface area contributed by atoms with E-state index in [-0.39, 0.29) is 5.91 Å². The largest absolute Gasteiger partial charge is 0.369 e. The molecule has 1 rings (SSSR count). The highest BCUT2D eigenvalue weighted by Gasteiger charge is 2.08. The minimum atomic E-state index is -0.169. The monoisotopic (exact) mass is 293 g/mol. The number of hydrogen-bond donors (Lipinski definition) is 2. The van der Waals surface area contributed by atoms with Crippen LogP contribution in [0.2, 0.25) is 0 Å². The van der Waals surface area contributed by atoms with E-state index in [0.717, 1.165) is 39.0 Å². The third-order valence-corrected chi connectivity index (χ3v) is 3.14. The van der Waals surface area contributed by atoms with Gasteiger partial charge in [-0.15, -0.1) is 0 Å². The average molecular weight is 293 g/mol. The minimum absolute atomic E-state index is 0.169. The number of nitrogens with zero attached hydrogens (tertiary/aromatic N) is 3. The van der Waals surface area contributed by atoms with Gasteiger partial charge in [-0.2, -0.15) is 0 Å². The van der Waals surface area contributed by atoms with Crippen LogP contribution < -0.4 is 10.6 Å². The standard InChI is InChI=1S/C15H27N5O/c1-4-7-16-14-12-18-13(11-19-14)15(21)17-8-10-20(6-3)9-5-2/h11-12H,4-10H2,1-3H3,(H,16,19)(H,17,21). The van der Waals surface area contributed by atoms with Gasteiger partial charge in [0.05, 0.1) is 12.4 Å². The van der Waals surface area contributed by atoms with E-state index in [1.165, 1.54) is 6.20 Å². The summed E-state index contributed by atoms with van der Waals surface area (Å²) in [5.74, 6) is 0.533. The van der Waals surface area contributed by atoms with E-state index >= 15 is 0 Å². The van der Waals surface area contributed by atoms with E-state index in [4.69, 9.17) is 0 Å². The number of likely N-dealkylation sites (N-methyl/N-ethyl adjacent to an activating group) is 1. The quantitative estimate of drug-likeness (QED) is 0.688. The van der Waals surface area contributed by atoms with E-state index in [2.05, 4.69) is 46.3 Å². The maximum Gasteiger partial charge on any atom is 0.271 e. The molecular weight excluding hydrogens is 266 g/mol. The second-order valence-corrected chi connectivity index (χ2v) is 4.90. The highest BCUT2D eigenvalue weighted by atomic mass is 16.1. The van der Waals surface area contributed by atoms with Gasteiger partial charge in [0.1, 0.15) is 11.5 Å². The number of carbonyl (C=O) groups is 1. The summed E-state index contributed by atoms with van der Waals surface area (Å²) in [6.07, 6.45) is 5.26. The Kier molecular flexibility index (Phi) is 8.35. The van der Waals surface area contributed by atoms with Gasteiger partial charge in [-0.1, -0.05) is 20.8 Å². The van der Waals surface area contributed by atoms with Gasteiger partial charge in [0.15, 0.2) is 0 Å². The van der Waals surface area contributed by atoms with Crippen molar-refractivity contribution in [2.75, 3.05) is 38.0 Å². The Bertz CT molecular complexity index is 407. The van der Waals surface area contributed by atoms with Crippen LogP contribution in [0.1, 0.15) is 44.1 Å². The molecule has 1 heterocycles. The van der Waals surface area contributed by atoms with Crippen LogP contribution in [-0.2, 0) is 0 Å². The second-order valence-electron chi connectivity index (χ2n) is 4.90. The summed E-state index contributed by atoms with van der Waals surface area (Å²) in [4.78, 5) is 22.6. The van der Waals surface area contributed by atoms with Gasteiger partial charge in [-0.05, 0) is 25.9 Å². The second kappa shape index (κ2) is 10.1. The van der Waals surface area contributed by atoms with Crippen molar-refractivity contribution >= 4 is 11.7 Å². The molecule has 0 atom stereocenters. The van der Waals surface area contributed by atoms with E-state index in [9.17, 15) is 4.79 Å². The Balaban J connectivity index is 2.37. The molecule has 1 aromatic heterocycles. The lowest BCUT2D eigenvalue weighted by Gasteiger charge is -2.19. The third kappa shape index (κ3) is 6.53. The summed E-state index contributed by atoms with van der Waals surface area (Å²) < 4.78 is 0. The van der Waals surface area contributed by atoms with Crippen molar-refractivity contribution in [2.24, 2.45) is 0 Å². The number of carbonyl (C=O) groups excluding carboxylic acids is 1.